The van der Waals surface area contributed by atoms with Crippen molar-refractivity contribution in [1.82, 2.24) is 10.3 Å². The number of hydrogen-bond donors (Lipinski definition) is 2. The third kappa shape index (κ3) is 2.88. The van der Waals surface area contributed by atoms with E-state index in [2.05, 4.69) is 10.3 Å². The molecular formula is C14H20N2O2. The second-order valence-electron chi connectivity index (χ2n) is 5.02. The summed E-state index contributed by atoms with van der Waals surface area (Å²) in [6, 6.07) is 3.51. The zero-order chi connectivity index (χ0) is 13.1. The molecule has 0 aromatic carbocycles. The van der Waals surface area contributed by atoms with Crippen molar-refractivity contribution < 1.29 is 9.90 Å². The molecule has 98 valence electrons. The predicted molar refractivity (Wildman–Crippen MR) is 69.4 cm³/mol. The Morgan fingerprint density at radius 2 is 2.06 bits per heavy atom. The molecule has 0 radical (unpaired) electrons. The van der Waals surface area contributed by atoms with Gasteiger partial charge in [-0.05, 0) is 38.8 Å². The minimum Gasteiger partial charge on any atom is -0.391 e. The van der Waals surface area contributed by atoms with Gasteiger partial charge in [0.05, 0.1) is 23.4 Å². The zero-order valence-corrected chi connectivity index (χ0v) is 10.9. The smallest absolute Gasteiger partial charge is 0.253 e. The molecule has 2 N–H and O–H groups in total. The van der Waals surface area contributed by atoms with Crippen molar-refractivity contribution in [2.24, 2.45) is 0 Å². The number of rotatable bonds is 2. The number of aromatic nitrogens is 1. The fourth-order valence-electron chi connectivity index (χ4n) is 2.45. The molecular weight excluding hydrogens is 228 g/mol. The summed E-state index contributed by atoms with van der Waals surface area (Å²) in [7, 11) is 0. The van der Waals surface area contributed by atoms with Crippen molar-refractivity contribution in [2.45, 2.75) is 51.7 Å². The number of amides is 1. The van der Waals surface area contributed by atoms with Gasteiger partial charge in [-0.15, -0.1) is 0 Å². The molecule has 1 heterocycles. The quantitative estimate of drug-likeness (QED) is 0.838. The van der Waals surface area contributed by atoms with E-state index in [1.54, 1.807) is 6.07 Å². The normalized spacial score (nSPS) is 23.7. The van der Waals surface area contributed by atoms with Crippen molar-refractivity contribution in [3.8, 4) is 0 Å². The van der Waals surface area contributed by atoms with Gasteiger partial charge in [0.25, 0.3) is 5.91 Å². The van der Waals surface area contributed by atoms with E-state index in [0.717, 1.165) is 37.1 Å². The van der Waals surface area contributed by atoms with Gasteiger partial charge in [0.15, 0.2) is 0 Å². The van der Waals surface area contributed by atoms with Gasteiger partial charge in [0.1, 0.15) is 0 Å². The van der Waals surface area contributed by atoms with Crippen LogP contribution in [0.15, 0.2) is 12.1 Å². The van der Waals surface area contributed by atoms with Crippen LogP contribution >= 0.6 is 0 Å². The van der Waals surface area contributed by atoms with E-state index in [0.29, 0.717) is 5.56 Å². The molecule has 0 saturated heterocycles. The molecule has 1 fully saturated rings. The van der Waals surface area contributed by atoms with E-state index in [1.165, 1.54) is 0 Å². The third-order valence-electron chi connectivity index (χ3n) is 3.52. The molecule has 2 rings (SSSR count). The van der Waals surface area contributed by atoms with E-state index < -0.39 is 6.10 Å². The Kier molecular flexibility index (Phi) is 3.97. The van der Waals surface area contributed by atoms with Crippen LogP contribution in [0.4, 0.5) is 0 Å². The standard InChI is InChI=1S/C14H20N2O2/c1-9-7-8-11(10(2)15-9)14(18)16-12-5-3-4-6-13(12)17/h7-8,12-13,17H,3-6H2,1-2H3,(H,16,18)/t12-,13-/m0/s1. The Balaban J connectivity index is 2.07. The number of aliphatic hydroxyl groups is 1. The van der Waals surface area contributed by atoms with Gasteiger partial charge in [0.2, 0.25) is 0 Å². The lowest BCUT2D eigenvalue weighted by atomic mass is 9.92. The largest absolute Gasteiger partial charge is 0.391 e. The average Bonchev–Trinajstić information content (AvgIpc) is 2.32. The van der Waals surface area contributed by atoms with Gasteiger partial charge in [-0.1, -0.05) is 12.8 Å². The first-order valence-electron chi connectivity index (χ1n) is 6.51. The van der Waals surface area contributed by atoms with E-state index in [9.17, 15) is 9.90 Å². The number of aryl methyl sites for hydroxylation is 2. The second-order valence-corrected chi connectivity index (χ2v) is 5.02. The van der Waals surface area contributed by atoms with Crippen molar-refractivity contribution >= 4 is 5.91 Å². The fourth-order valence-corrected chi connectivity index (χ4v) is 2.45. The highest BCUT2D eigenvalue weighted by Gasteiger charge is 2.25. The molecule has 4 nitrogen and oxygen atoms in total. The monoisotopic (exact) mass is 248 g/mol. The molecule has 18 heavy (non-hydrogen) atoms. The van der Waals surface area contributed by atoms with E-state index in [1.807, 2.05) is 19.9 Å². The highest BCUT2D eigenvalue weighted by atomic mass is 16.3. The molecule has 0 spiro atoms. The number of nitrogens with one attached hydrogen (secondary N) is 1. The highest BCUT2D eigenvalue weighted by Crippen LogP contribution is 2.19. The summed E-state index contributed by atoms with van der Waals surface area (Å²) in [5.74, 6) is -0.133. The molecule has 1 saturated carbocycles. The van der Waals surface area contributed by atoms with Crippen LogP contribution in [0.5, 0.6) is 0 Å². The van der Waals surface area contributed by atoms with Gasteiger partial charge in [-0.2, -0.15) is 0 Å². The highest BCUT2D eigenvalue weighted by molar-refractivity contribution is 5.95. The van der Waals surface area contributed by atoms with Crippen molar-refractivity contribution in [2.75, 3.05) is 0 Å². The topological polar surface area (TPSA) is 62.2 Å². The molecule has 1 aliphatic rings. The first-order chi connectivity index (χ1) is 8.58. The number of pyridine rings is 1. The average molecular weight is 248 g/mol. The van der Waals surface area contributed by atoms with Crippen LogP contribution in [0.3, 0.4) is 0 Å². The second kappa shape index (κ2) is 5.48. The SMILES string of the molecule is Cc1ccc(C(=O)N[C@H]2CCCC[C@@H]2O)c(C)n1. The van der Waals surface area contributed by atoms with E-state index in [4.69, 9.17) is 0 Å². The van der Waals surface area contributed by atoms with Crippen LogP contribution in [0.1, 0.15) is 47.4 Å². The first kappa shape index (κ1) is 13.0. The lowest BCUT2D eigenvalue weighted by Gasteiger charge is -2.28. The van der Waals surface area contributed by atoms with Crippen LogP contribution in [0, 0.1) is 13.8 Å². The van der Waals surface area contributed by atoms with Crippen LogP contribution < -0.4 is 5.32 Å². The number of carbonyl (C=O) groups is 1. The van der Waals surface area contributed by atoms with Gasteiger partial charge >= 0.3 is 0 Å². The number of hydrogen-bond acceptors (Lipinski definition) is 3. The maximum atomic E-state index is 12.1. The minimum atomic E-state index is -0.415. The summed E-state index contributed by atoms with van der Waals surface area (Å²) >= 11 is 0. The Bertz CT molecular complexity index is 445. The zero-order valence-electron chi connectivity index (χ0n) is 10.9. The predicted octanol–water partition coefficient (Wildman–Crippen LogP) is 1.73. The number of carbonyl (C=O) groups excluding carboxylic acids is 1. The van der Waals surface area contributed by atoms with Crippen LogP contribution in [0.25, 0.3) is 0 Å². The van der Waals surface area contributed by atoms with Crippen LogP contribution in [-0.2, 0) is 0 Å². The molecule has 2 atom stereocenters. The number of nitrogens with zero attached hydrogens (tertiary/aromatic N) is 1. The maximum Gasteiger partial charge on any atom is 0.253 e. The molecule has 0 aliphatic heterocycles. The number of aliphatic hydroxyl groups excluding tert-OH is 1. The Morgan fingerprint density at radius 3 is 2.72 bits per heavy atom. The fraction of sp³-hybridized carbons (Fsp3) is 0.571. The lowest BCUT2D eigenvalue weighted by Crippen LogP contribution is -2.45. The first-order valence-corrected chi connectivity index (χ1v) is 6.51. The van der Waals surface area contributed by atoms with Gasteiger partial charge in [-0.3, -0.25) is 9.78 Å². The van der Waals surface area contributed by atoms with Gasteiger partial charge in [0, 0.05) is 5.69 Å². The molecule has 1 aromatic heterocycles. The third-order valence-corrected chi connectivity index (χ3v) is 3.52. The molecule has 1 aromatic rings. The van der Waals surface area contributed by atoms with E-state index >= 15 is 0 Å². The van der Waals surface area contributed by atoms with E-state index in [-0.39, 0.29) is 11.9 Å². The van der Waals surface area contributed by atoms with Crippen molar-refractivity contribution in [3.63, 3.8) is 0 Å². The van der Waals surface area contributed by atoms with Crippen LogP contribution in [0.2, 0.25) is 0 Å². The van der Waals surface area contributed by atoms with Gasteiger partial charge in [-0.25, -0.2) is 0 Å². The van der Waals surface area contributed by atoms with Gasteiger partial charge < -0.3 is 10.4 Å². The summed E-state index contributed by atoms with van der Waals surface area (Å²) < 4.78 is 0. The minimum absolute atomic E-state index is 0.119. The Labute approximate surface area is 107 Å². The molecule has 1 amide bonds. The Morgan fingerprint density at radius 1 is 1.33 bits per heavy atom. The molecule has 1 aliphatic carbocycles. The summed E-state index contributed by atoms with van der Waals surface area (Å²) in [6.07, 6.45) is 3.31. The molecule has 4 heteroatoms. The molecule has 0 bridgehead atoms. The summed E-state index contributed by atoms with van der Waals surface area (Å²) in [5, 5.41) is 12.8. The summed E-state index contributed by atoms with van der Waals surface area (Å²) in [6.45, 7) is 3.73. The maximum absolute atomic E-state index is 12.1. The van der Waals surface area contributed by atoms with Crippen LogP contribution in [-0.4, -0.2) is 28.1 Å². The summed E-state index contributed by atoms with van der Waals surface area (Å²) in [4.78, 5) is 16.4. The lowest BCUT2D eigenvalue weighted by molar-refractivity contribution is 0.0716. The Hall–Kier alpha value is -1.42. The molecule has 0 unspecified atom stereocenters. The van der Waals surface area contributed by atoms with Crippen molar-refractivity contribution in [1.29, 1.82) is 0 Å². The summed E-state index contributed by atoms with van der Waals surface area (Å²) in [5.41, 5.74) is 2.23. The van der Waals surface area contributed by atoms with Crippen molar-refractivity contribution in [3.05, 3.63) is 29.1 Å².